The predicted octanol–water partition coefficient (Wildman–Crippen LogP) is 2.16. The minimum atomic E-state index is -4.67. The average molecular weight is 438 g/mol. The lowest BCUT2D eigenvalue weighted by molar-refractivity contribution is -0.138. The zero-order chi connectivity index (χ0) is 22.8. The number of nitrogens with zero attached hydrogens (tertiary/aromatic N) is 3. The molecule has 0 radical (unpaired) electrons. The summed E-state index contributed by atoms with van der Waals surface area (Å²) in [6.07, 6.45) is -2.89. The van der Waals surface area contributed by atoms with E-state index in [0.717, 1.165) is 12.1 Å². The van der Waals surface area contributed by atoms with Crippen molar-refractivity contribution >= 4 is 17.5 Å². The van der Waals surface area contributed by atoms with Crippen LogP contribution in [0.4, 0.5) is 18.9 Å². The first-order valence-electron chi connectivity index (χ1n) is 10.0. The molecule has 1 spiro atoms. The zero-order valence-corrected chi connectivity index (χ0v) is 17.5. The maximum Gasteiger partial charge on any atom is 0.417 e. The van der Waals surface area contributed by atoms with Crippen LogP contribution in [0.5, 0.6) is 0 Å². The second-order valence-electron chi connectivity index (χ2n) is 8.12. The van der Waals surface area contributed by atoms with Crippen LogP contribution in [0.1, 0.15) is 30.4 Å². The predicted molar refractivity (Wildman–Crippen MR) is 106 cm³/mol. The number of hydrogen-bond acceptors (Lipinski definition) is 5. The fourth-order valence-corrected chi connectivity index (χ4v) is 4.58. The van der Waals surface area contributed by atoms with Crippen LogP contribution >= 0.6 is 0 Å². The van der Waals surface area contributed by atoms with E-state index in [1.807, 2.05) is 0 Å². The second-order valence-corrected chi connectivity index (χ2v) is 8.12. The van der Waals surface area contributed by atoms with Gasteiger partial charge in [0, 0.05) is 39.5 Å². The Kier molecular flexibility index (Phi) is 6.46. The van der Waals surface area contributed by atoms with Crippen molar-refractivity contribution in [2.45, 2.75) is 31.5 Å². The number of benzene rings is 1. The third-order valence-corrected chi connectivity index (χ3v) is 6.26. The lowest BCUT2D eigenvalue weighted by Crippen LogP contribution is -2.45. The Hall–Kier alpha value is -2.80. The van der Waals surface area contributed by atoms with Crippen LogP contribution in [0, 0.1) is 16.7 Å². The lowest BCUT2D eigenvalue weighted by atomic mass is 9.76. The Morgan fingerprint density at radius 3 is 2.55 bits per heavy atom. The molecule has 0 bridgehead atoms. The molecule has 7 nitrogen and oxygen atoms in total. The van der Waals surface area contributed by atoms with E-state index >= 15 is 0 Å². The van der Waals surface area contributed by atoms with Gasteiger partial charge in [-0.2, -0.15) is 18.4 Å². The normalized spacial score (nSPS) is 20.6. The summed E-state index contributed by atoms with van der Waals surface area (Å²) in [6, 6.07) is 4.51. The van der Waals surface area contributed by atoms with Crippen LogP contribution in [0.15, 0.2) is 18.2 Å². The van der Waals surface area contributed by atoms with Gasteiger partial charge in [-0.15, -0.1) is 0 Å². The molecule has 168 valence electrons. The summed E-state index contributed by atoms with van der Waals surface area (Å²) in [5.74, 6) is -0.371. The van der Waals surface area contributed by atoms with Crippen molar-refractivity contribution in [3.63, 3.8) is 0 Å². The van der Waals surface area contributed by atoms with Crippen LogP contribution < -0.4 is 10.2 Å². The molecule has 1 N–H and O–H groups in total. The second kappa shape index (κ2) is 8.75. The summed E-state index contributed by atoms with van der Waals surface area (Å²) in [5.41, 5.74) is -1.49. The highest BCUT2D eigenvalue weighted by atomic mass is 19.4. The van der Waals surface area contributed by atoms with E-state index in [4.69, 9.17) is 10.00 Å². The Morgan fingerprint density at radius 2 is 2.00 bits per heavy atom. The van der Waals surface area contributed by atoms with Gasteiger partial charge in [-0.25, -0.2) is 0 Å². The molecule has 2 heterocycles. The number of piperidine rings is 1. The average Bonchev–Trinajstić information content (AvgIpc) is 3.11. The largest absolute Gasteiger partial charge is 0.417 e. The molecule has 3 rings (SSSR count). The van der Waals surface area contributed by atoms with Crippen molar-refractivity contribution in [1.82, 2.24) is 10.2 Å². The number of halogens is 3. The molecule has 1 aromatic carbocycles. The summed E-state index contributed by atoms with van der Waals surface area (Å²) in [7, 11) is 2.95. The quantitative estimate of drug-likeness (QED) is 0.779. The molecule has 1 unspecified atom stereocenters. The van der Waals surface area contributed by atoms with Gasteiger partial charge >= 0.3 is 6.18 Å². The van der Waals surface area contributed by atoms with Gasteiger partial charge in [0.1, 0.15) is 12.6 Å². The van der Waals surface area contributed by atoms with Crippen molar-refractivity contribution in [2.75, 3.05) is 45.3 Å². The molecule has 1 atom stereocenters. The van der Waals surface area contributed by atoms with Crippen LogP contribution in [0.25, 0.3) is 0 Å². The molecular formula is C21H25F3N4O3. The number of likely N-dealkylation sites (N-methyl/N-ethyl adjacent to an activating group) is 1. The summed E-state index contributed by atoms with van der Waals surface area (Å²) in [6.45, 7) is 1.43. The number of nitriles is 1. The number of ether oxygens (including phenoxy) is 1. The van der Waals surface area contributed by atoms with Gasteiger partial charge in [0.05, 0.1) is 17.2 Å². The highest BCUT2D eigenvalue weighted by Gasteiger charge is 2.48. The number of anilines is 1. The number of carbonyl (C=O) groups excluding carboxylic acids is 2. The van der Waals surface area contributed by atoms with Crippen molar-refractivity contribution in [1.29, 1.82) is 5.26 Å². The Bertz CT molecular complexity index is 889. The summed E-state index contributed by atoms with van der Waals surface area (Å²) in [4.78, 5) is 28.1. The third kappa shape index (κ3) is 4.61. The first-order chi connectivity index (χ1) is 14.6. The van der Waals surface area contributed by atoms with Gasteiger partial charge in [0.2, 0.25) is 11.8 Å². The molecule has 0 aliphatic carbocycles. The van der Waals surface area contributed by atoms with E-state index in [1.165, 1.54) is 20.2 Å². The molecule has 2 amide bonds. The Balaban J connectivity index is 1.88. The highest BCUT2D eigenvalue weighted by molar-refractivity contribution is 5.86. The Labute approximate surface area is 178 Å². The van der Waals surface area contributed by atoms with Crippen LogP contribution in [0.2, 0.25) is 0 Å². The molecule has 2 aliphatic rings. The first-order valence-corrected chi connectivity index (χ1v) is 10.0. The van der Waals surface area contributed by atoms with Gasteiger partial charge < -0.3 is 19.9 Å². The Morgan fingerprint density at radius 1 is 1.32 bits per heavy atom. The van der Waals surface area contributed by atoms with E-state index in [0.29, 0.717) is 38.9 Å². The molecule has 2 aliphatic heterocycles. The van der Waals surface area contributed by atoms with E-state index in [1.54, 1.807) is 15.9 Å². The molecule has 0 saturated carbocycles. The molecule has 1 aromatic rings. The lowest BCUT2D eigenvalue weighted by Gasteiger charge is -2.39. The topological polar surface area (TPSA) is 85.7 Å². The summed E-state index contributed by atoms with van der Waals surface area (Å²) >= 11 is 0. The highest BCUT2D eigenvalue weighted by Crippen LogP contribution is 2.46. The zero-order valence-electron chi connectivity index (χ0n) is 17.5. The number of nitrogens with one attached hydrogen (secondary N) is 1. The third-order valence-electron chi connectivity index (χ3n) is 6.26. The van der Waals surface area contributed by atoms with E-state index in [-0.39, 0.29) is 29.5 Å². The molecule has 2 saturated heterocycles. The van der Waals surface area contributed by atoms with Crippen molar-refractivity contribution in [2.24, 2.45) is 5.41 Å². The number of hydrogen-bond donors (Lipinski definition) is 1. The van der Waals surface area contributed by atoms with Crippen molar-refractivity contribution in [3.8, 4) is 6.07 Å². The van der Waals surface area contributed by atoms with Gasteiger partial charge in [0.15, 0.2) is 0 Å². The van der Waals surface area contributed by atoms with Gasteiger partial charge in [-0.05, 0) is 42.9 Å². The van der Waals surface area contributed by atoms with E-state index < -0.39 is 23.3 Å². The fraction of sp³-hybridized carbons (Fsp3) is 0.571. The SMILES string of the molecule is CNC(=O)C1CC2(CCN(C(=O)COC)CC2)CN1c1ccc(C#N)c(C(F)(F)F)c1. The number of carbonyl (C=O) groups is 2. The number of alkyl halides is 3. The van der Waals surface area contributed by atoms with Crippen molar-refractivity contribution in [3.05, 3.63) is 29.3 Å². The van der Waals surface area contributed by atoms with Crippen LogP contribution in [0.3, 0.4) is 0 Å². The van der Waals surface area contributed by atoms with E-state index in [9.17, 15) is 22.8 Å². The fourth-order valence-electron chi connectivity index (χ4n) is 4.58. The molecule has 10 heteroatoms. The number of rotatable bonds is 4. The molecule has 0 aromatic heterocycles. The monoisotopic (exact) mass is 438 g/mol. The molecular weight excluding hydrogens is 413 g/mol. The number of likely N-dealkylation sites (tertiary alicyclic amines) is 1. The maximum absolute atomic E-state index is 13.5. The minimum Gasteiger partial charge on any atom is -0.375 e. The molecule has 2 fully saturated rings. The van der Waals surface area contributed by atoms with E-state index in [2.05, 4.69) is 5.32 Å². The standard InChI is InChI=1S/C21H25F3N4O3/c1-26-19(30)17-10-20(5-7-27(8-6-20)18(29)12-31-2)13-28(17)15-4-3-14(11-25)16(9-15)21(22,23)24/h3-4,9,17H,5-8,10,12-13H2,1-2H3,(H,26,30). The minimum absolute atomic E-state index is 0.00541. The smallest absolute Gasteiger partial charge is 0.375 e. The number of methoxy groups -OCH3 is 1. The van der Waals surface area contributed by atoms with Gasteiger partial charge in [-0.3, -0.25) is 9.59 Å². The maximum atomic E-state index is 13.5. The van der Waals surface area contributed by atoms with Gasteiger partial charge in [0.25, 0.3) is 0 Å². The van der Waals surface area contributed by atoms with Crippen molar-refractivity contribution < 1.29 is 27.5 Å². The number of amides is 2. The van der Waals surface area contributed by atoms with Crippen LogP contribution in [-0.2, 0) is 20.5 Å². The molecule has 31 heavy (non-hydrogen) atoms. The van der Waals surface area contributed by atoms with Crippen LogP contribution in [-0.4, -0.2) is 63.2 Å². The van der Waals surface area contributed by atoms with Gasteiger partial charge in [-0.1, -0.05) is 0 Å². The first kappa shape index (κ1) is 22.9. The summed E-state index contributed by atoms with van der Waals surface area (Å²) in [5, 5.41) is 11.7. The summed E-state index contributed by atoms with van der Waals surface area (Å²) < 4.78 is 45.3.